The average Bonchev–Trinajstić information content (AvgIpc) is 3.50. The number of nitrogens with one attached hydrogen (secondary N) is 2. The van der Waals surface area contributed by atoms with Gasteiger partial charge >= 0.3 is 0 Å². The number of nitrogens with two attached hydrogens (primary N) is 1. The third-order valence-electron chi connectivity index (χ3n) is 5.60. The van der Waals surface area contributed by atoms with Gasteiger partial charge in [-0.05, 0) is 72.8 Å². The molecule has 31 heavy (non-hydrogen) atoms. The Bertz CT molecular complexity index is 1060. The maximum atomic E-state index is 12.8. The standard InChI is InChI=1S/C24H26N4O2S/c1-26-24(30)22(28-12-2-3-13-28)16-6-8-17(9-7-16)23(29)27-20-15-18(10-11-19(20)25)21-5-4-14-31-21/h4-11,14-15,22H,2-3,12-13,25H2,1H3,(H,26,30)(H,27,29). The first-order valence-electron chi connectivity index (χ1n) is 10.4. The van der Waals surface area contributed by atoms with Gasteiger partial charge in [-0.25, -0.2) is 0 Å². The molecule has 0 bridgehead atoms. The predicted octanol–water partition coefficient (Wildman–Crippen LogP) is 4.13. The third kappa shape index (κ3) is 4.62. The Morgan fingerprint density at radius 3 is 2.45 bits per heavy atom. The number of carbonyl (C=O) groups excluding carboxylic acids is 2. The van der Waals surface area contributed by atoms with E-state index in [4.69, 9.17) is 5.73 Å². The molecule has 3 aromatic rings. The van der Waals surface area contributed by atoms with E-state index in [1.165, 1.54) is 0 Å². The molecule has 1 fully saturated rings. The van der Waals surface area contributed by atoms with Crippen molar-refractivity contribution in [3.63, 3.8) is 0 Å². The summed E-state index contributed by atoms with van der Waals surface area (Å²) >= 11 is 1.63. The summed E-state index contributed by atoms with van der Waals surface area (Å²) in [6, 6.07) is 16.6. The molecule has 0 saturated carbocycles. The normalized spacial score (nSPS) is 14.9. The van der Waals surface area contributed by atoms with Crippen molar-refractivity contribution in [3.05, 3.63) is 71.1 Å². The van der Waals surface area contributed by atoms with Gasteiger partial charge < -0.3 is 16.4 Å². The van der Waals surface area contributed by atoms with Crippen molar-refractivity contribution in [3.8, 4) is 10.4 Å². The lowest BCUT2D eigenvalue weighted by molar-refractivity contribution is -0.125. The Hall–Kier alpha value is -3.16. The SMILES string of the molecule is CNC(=O)C(c1ccc(C(=O)Nc2cc(-c3cccs3)ccc2N)cc1)N1CCCC1. The zero-order valence-corrected chi connectivity index (χ0v) is 18.2. The highest BCUT2D eigenvalue weighted by Gasteiger charge is 2.29. The fourth-order valence-electron chi connectivity index (χ4n) is 3.94. The summed E-state index contributed by atoms with van der Waals surface area (Å²) in [6.45, 7) is 1.81. The molecule has 0 aliphatic carbocycles. The van der Waals surface area contributed by atoms with Crippen LogP contribution in [0.1, 0.15) is 34.8 Å². The van der Waals surface area contributed by atoms with Crippen LogP contribution in [0.2, 0.25) is 0 Å². The van der Waals surface area contributed by atoms with Crippen molar-refractivity contribution in [1.29, 1.82) is 0 Å². The maximum Gasteiger partial charge on any atom is 0.255 e. The van der Waals surface area contributed by atoms with Gasteiger partial charge in [0.1, 0.15) is 6.04 Å². The van der Waals surface area contributed by atoms with Crippen LogP contribution in [0, 0.1) is 0 Å². The summed E-state index contributed by atoms with van der Waals surface area (Å²) in [4.78, 5) is 28.6. The molecule has 160 valence electrons. The fraction of sp³-hybridized carbons (Fsp3) is 0.250. The van der Waals surface area contributed by atoms with Crippen molar-refractivity contribution in [2.75, 3.05) is 31.2 Å². The molecule has 1 unspecified atom stereocenters. The minimum atomic E-state index is -0.331. The van der Waals surface area contributed by atoms with Gasteiger partial charge in [-0.2, -0.15) is 0 Å². The van der Waals surface area contributed by atoms with Crippen LogP contribution in [0.15, 0.2) is 60.0 Å². The van der Waals surface area contributed by atoms with Crippen LogP contribution in [-0.2, 0) is 4.79 Å². The van der Waals surface area contributed by atoms with Gasteiger partial charge in [-0.1, -0.05) is 24.3 Å². The number of likely N-dealkylation sites (tertiary alicyclic amines) is 1. The number of thiophene rings is 1. The number of nitrogen functional groups attached to an aromatic ring is 1. The van der Waals surface area contributed by atoms with E-state index in [0.717, 1.165) is 41.9 Å². The number of amides is 2. The van der Waals surface area contributed by atoms with Gasteiger partial charge in [0.15, 0.2) is 0 Å². The van der Waals surface area contributed by atoms with Crippen LogP contribution in [0.25, 0.3) is 10.4 Å². The van der Waals surface area contributed by atoms with Gasteiger partial charge in [0.2, 0.25) is 5.91 Å². The molecule has 1 atom stereocenters. The lowest BCUT2D eigenvalue weighted by Crippen LogP contribution is -2.37. The maximum absolute atomic E-state index is 12.8. The van der Waals surface area contributed by atoms with E-state index in [1.54, 1.807) is 36.6 Å². The second kappa shape index (κ2) is 9.32. The van der Waals surface area contributed by atoms with Gasteiger partial charge in [0, 0.05) is 17.5 Å². The molecule has 2 heterocycles. The minimum Gasteiger partial charge on any atom is -0.397 e. The number of hydrogen-bond acceptors (Lipinski definition) is 5. The molecule has 4 rings (SSSR count). The summed E-state index contributed by atoms with van der Waals surface area (Å²) in [6.07, 6.45) is 2.19. The molecule has 1 aliphatic heterocycles. The number of anilines is 2. The molecule has 2 aromatic carbocycles. The highest BCUT2D eigenvalue weighted by molar-refractivity contribution is 7.13. The third-order valence-corrected chi connectivity index (χ3v) is 6.52. The molecule has 6 nitrogen and oxygen atoms in total. The van der Waals surface area contributed by atoms with Crippen LogP contribution < -0.4 is 16.4 Å². The predicted molar refractivity (Wildman–Crippen MR) is 126 cm³/mol. The number of nitrogens with zero attached hydrogens (tertiary/aromatic N) is 1. The molecule has 4 N–H and O–H groups in total. The number of hydrogen-bond donors (Lipinski definition) is 3. The summed E-state index contributed by atoms with van der Waals surface area (Å²) in [5.41, 5.74) is 9.60. The van der Waals surface area contributed by atoms with Gasteiger partial charge in [-0.15, -0.1) is 11.3 Å². The summed E-state index contributed by atoms with van der Waals surface area (Å²) < 4.78 is 0. The van der Waals surface area contributed by atoms with Crippen LogP contribution in [0.4, 0.5) is 11.4 Å². The first-order chi connectivity index (χ1) is 15.1. The number of rotatable bonds is 6. The Kier molecular flexibility index (Phi) is 6.34. The molecule has 1 aliphatic rings. The van der Waals surface area contributed by atoms with E-state index in [9.17, 15) is 9.59 Å². The van der Waals surface area contributed by atoms with Crippen LogP contribution in [0.3, 0.4) is 0 Å². The zero-order chi connectivity index (χ0) is 21.8. The lowest BCUT2D eigenvalue weighted by atomic mass is 10.0. The summed E-state index contributed by atoms with van der Waals surface area (Å²) in [5.74, 6) is -0.267. The van der Waals surface area contributed by atoms with Gasteiger partial charge in [0.25, 0.3) is 5.91 Å². The molecular formula is C24H26N4O2S. The number of benzene rings is 2. The monoisotopic (exact) mass is 434 g/mol. The molecule has 2 amide bonds. The highest BCUT2D eigenvalue weighted by atomic mass is 32.1. The average molecular weight is 435 g/mol. The first-order valence-corrected chi connectivity index (χ1v) is 11.2. The van der Waals surface area contributed by atoms with Gasteiger partial charge in [0.05, 0.1) is 11.4 Å². The first kappa shape index (κ1) is 21.1. The van der Waals surface area contributed by atoms with Crippen molar-refractivity contribution >= 4 is 34.5 Å². The quantitative estimate of drug-likeness (QED) is 0.509. The second-order valence-electron chi connectivity index (χ2n) is 7.62. The molecular weight excluding hydrogens is 408 g/mol. The summed E-state index contributed by atoms with van der Waals surface area (Å²) in [7, 11) is 1.65. The zero-order valence-electron chi connectivity index (χ0n) is 17.4. The minimum absolute atomic E-state index is 0.0303. The van der Waals surface area contributed by atoms with Crippen molar-refractivity contribution in [2.45, 2.75) is 18.9 Å². The van der Waals surface area contributed by atoms with Crippen molar-refractivity contribution in [1.82, 2.24) is 10.2 Å². The van der Waals surface area contributed by atoms with E-state index in [-0.39, 0.29) is 17.9 Å². The van der Waals surface area contributed by atoms with E-state index >= 15 is 0 Å². The largest absolute Gasteiger partial charge is 0.397 e. The molecule has 0 radical (unpaired) electrons. The topological polar surface area (TPSA) is 87.5 Å². The van der Waals surface area contributed by atoms with E-state index in [1.807, 2.05) is 41.8 Å². The molecule has 1 saturated heterocycles. The van der Waals surface area contributed by atoms with Crippen LogP contribution >= 0.6 is 11.3 Å². The van der Waals surface area contributed by atoms with Crippen LogP contribution in [0.5, 0.6) is 0 Å². The Morgan fingerprint density at radius 2 is 1.81 bits per heavy atom. The summed E-state index contributed by atoms with van der Waals surface area (Å²) in [5, 5.41) is 7.69. The van der Waals surface area contributed by atoms with E-state index < -0.39 is 0 Å². The molecule has 7 heteroatoms. The van der Waals surface area contributed by atoms with Gasteiger partial charge in [-0.3, -0.25) is 14.5 Å². The number of carbonyl (C=O) groups is 2. The molecule has 1 aromatic heterocycles. The Balaban J connectivity index is 1.52. The second-order valence-corrected chi connectivity index (χ2v) is 8.56. The highest BCUT2D eigenvalue weighted by Crippen LogP contribution is 2.31. The van der Waals surface area contributed by atoms with E-state index in [2.05, 4.69) is 15.5 Å². The Morgan fingerprint density at radius 1 is 1.06 bits per heavy atom. The van der Waals surface area contributed by atoms with Crippen molar-refractivity contribution < 1.29 is 9.59 Å². The van der Waals surface area contributed by atoms with Crippen LogP contribution in [-0.4, -0.2) is 36.9 Å². The lowest BCUT2D eigenvalue weighted by Gasteiger charge is -2.26. The number of likely N-dealkylation sites (N-methyl/N-ethyl adjacent to an activating group) is 1. The fourth-order valence-corrected chi connectivity index (χ4v) is 4.66. The smallest absolute Gasteiger partial charge is 0.255 e. The molecule has 0 spiro atoms. The Labute approximate surface area is 186 Å². The van der Waals surface area contributed by atoms with E-state index in [0.29, 0.717) is 16.9 Å². The van der Waals surface area contributed by atoms with Crippen molar-refractivity contribution in [2.24, 2.45) is 0 Å².